The molecule has 1 amide bonds. The highest BCUT2D eigenvalue weighted by atomic mass is 16.2. The van der Waals surface area contributed by atoms with Crippen LogP contribution < -0.4 is 11.0 Å². The zero-order valence-corrected chi connectivity index (χ0v) is 13.6. The van der Waals surface area contributed by atoms with E-state index in [9.17, 15) is 9.59 Å². The van der Waals surface area contributed by atoms with E-state index in [0.29, 0.717) is 19.0 Å². The standard InChI is InChI=1S/C17H25N3O2/c1-4-11-19-14-7-5-6-8-15(14)20(17(19)22)12-16(21)18-10-9-13(2)3/h5-8,13H,4,9-12H2,1-3H3,(H,18,21). The molecule has 0 bridgehead atoms. The van der Waals surface area contributed by atoms with Gasteiger partial charge in [-0.1, -0.05) is 32.9 Å². The predicted molar refractivity (Wildman–Crippen MR) is 89.0 cm³/mol. The molecule has 2 aromatic rings. The molecular formula is C17H25N3O2. The van der Waals surface area contributed by atoms with Gasteiger partial charge in [0, 0.05) is 13.1 Å². The van der Waals surface area contributed by atoms with Gasteiger partial charge in [-0.3, -0.25) is 13.9 Å². The van der Waals surface area contributed by atoms with E-state index in [1.54, 1.807) is 9.13 Å². The number of para-hydroxylation sites is 2. The van der Waals surface area contributed by atoms with E-state index in [0.717, 1.165) is 23.9 Å². The molecule has 0 saturated carbocycles. The van der Waals surface area contributed by atoms with Crippen LogP contribution in [0.25, 0.3) is 11.0 Å². The number of nitrogens with zero attached hydrogens (tertiary/aromatic N) is 2. The van der Waals surface area contributed by atoms with Gasteiger partial charge in [-0.15, -0.1) is 0 Å². The number of hydrogen-bond acceptors (Lipinski definition) is 2. The Morgan fingerprint density at radius 3 is 2.41 bits per heavy atom. The van der Waals surface area contributed by atoms with Crippen LogP contribution in [0, 0.1) is 5.92 Å². The molecule has 0 aliphatic carbocycles. The Balaban J connectivity index is 2.22. The van der Waals surface area contributed by atoms with E-state index in [2.05, 4.69) is 19.2 Å². The third-order valence-corrected chi connectivity index (χ3v) is 3.72. The van der Waals surface area contributed by atoms with Crippen molar-refractivity contribution in [1.29, 1.82) is 0 Å². The maximum absolute atomic E-state index is 12.5. The number of aryl methyl sites for hydroxylation is 1. The lowest BCUT2D eigenvalue weighted by Crippen LogP contribution is -2.33. The van der Waals surface area contributed by atoms with Crippen molar-refractivity contribution in [3.63, 3.8) is 0 Å². The SMILES string of the molecule is CCCn1c(=O)n(CC(=O)NCCC(C)C)c2ccccc21. The van der Waals surface area contributed by atoms with Gasteiger partial charge in [0.1, 0.15) is 6.54 Å². The maximum Gasteiger partial charge on any atom is 0.329 e. The van der Waals surface area contributed by atoms with Gasteiger partial charge >= 0.3 is 5.69 Å². The lowest BCUT2D eigenvalue weighted by Gasteiger charge is -2.07. The zero-order valence-electron chi connectivity index (χ0n) is 13.6. The van der Waals surface area contributed by atoms with E-state index in [1.165, 1.54) is 0 Å². The molecule has 1 heterocycles. The van der Waals surface area contributed by atoms with Crippen LogP contribution in [0.15, 0.2) is 29.1 Å². The summed E-state index contributed by atoms with van der Waals surface area (Å²) in [5.74, 6) is 0.441. The van der Waals surface area contributed by atoms with Gasteiger partial charge in [-0.25, -0.2) is 4.79 Å². The predicted octanol–water partition coefficient (Wildman–Crippen LogP) is 2.38. The van der Waals surface area contributed by atoms with Crippen LogP contribution in [0.1, 0.15) is 33.6 Å². The molecule has 22 heavy (non-hydrogen) atoms. The smallest absolute Gasteiger partial charge is 0.329 e. The number of rotatable bonds is 7. The fourth-order valence-corrected chi connectivity index (χ4v) is 2.56. The molecule has 5 heteroatoms. The number of carbonyl (C=O) groups is 1. The van der Waals surface area contributed by atoms with Crippen molar-refractivity contribution >= 4 is 16.9 Å². The van der Waals surface area contributed by atoms with Crippen molar-refractivity contribution in [2.75, 3.05) is 6.54 Å². The molecule has 0 radical (unpaired) electrons. The molecule has 0 spiro atoms. The van der Waals surface area contributed by atoms with Gasteiger partial charge in [0.05, 0.1) is 11.0 Å². The summed E-state index contributed by atoms with van der Waals surface area (Å²) in [6.45, 7) is 7.68. The average Bonchev–Trinajstić information content (AvgIpc) is 2.73. The number of nitrogens with one attached hydrogen (secondary N) is 1. The zero-order chi connectivity index (χ0) is 16.1. The summed E-state index contributed by atoms with van der Waals surface area (Å²) in [6.07, 6.45) is 1.83. The first-order chi connectivity index (χ1) is 10.5. The fourth-order valence-electron chi connectivity index (χ4n) is 2.56. The molecule has 0 fully saturated rings. The number of imidazole rings is 1. The maximum atomic E-state index is 12.5. The molecule has 0 unspecified atom stereocenters. The van der Waals surface area contributed by atoms with Gasteiger partial charge < -0.3 is 5.32 Å². The van der Waals surface area contributed by atoms with E-state index >= 15 is 0 Å². The summed E-state index contributed by atoms with van der Waals surface area (Å²) in [6, 6.07) is 7.63. The third-order valence-electron chi connectivity index (χ3n) is 3.72. The Morgan fingerprint density at radius 2 is 1.82 bits per heavy atom. The number of aromatic nitrogens is 2. The quantitative estimate of drug-likeness (QED) is 0.854. The number of carbonyl (C=O) groups excluding carboxylic acids is 1. The van der Waals surface area contributed by atoms with Crippen molar-refractivity contribution in [1.82, 2.24) is 14.5 Å². The average molecular weight is 303 g/mol. The Bertz CT molecular complexity index is 697. The van der Waals surface area contributed by atoms with Crippen LogP contribution >= 0.6 is 0 Å². The topological polar surface area (TPSA) is 56.0 Å². The number of benzene rings is 1. The summed E-state index contributed by atoms with van der Waals surface area (Å²) in [5, 5.41) is 2.89. The van der Waals surface area contributed by atoms with E-state index < -0.39 is 0 Å². The first-order valence-electron chi connectivity index (χ1n) is 7.99. The summed E-state index contributed by atoms with van der Waals surface area (Å²) < 4.78 is 3.31. The van der Waals surface area contributed by atoms with Gasteiger partial charge in [0.25, 0.3) is 0 Å². The van der Waals surface area contributed by atoms with Crippen LogP contribution in [0.4, 0.5) is 0 Å². The summed E-state index contributed by atoms with van der Waals surface area (Å²) >= 11 is 0. The molecule has 1 aromatic heterocycles. The number of amides is 1. The highest BCUT2D eigenvalue weighted by Gasteiger charge is 2.14. The third kappa shape index (κ3) is 3.59. The van der Waals surface area contributed by atoms with Crippen LogP contribution in [0.5, 0.6) is 0 Å². The van der Waals surface area contributed by atoms with Crippen LogP contribution in [-0.4, -0.2) is 21.6 Å². The minimum Gasteiger partial charge on any atom is -0.355 e. The number of fused-ring (bicyclic) bond motifs is 1. The molecule has 0 atom stereocenters. The van der Waals surface area contributed by atoms with Gasteiger partial charge in [0.2, 0.25) is 5.91 Å². The molecule has 1 N–H and O–H groups in total. The summed E-state index contributed by atoms with van der Waals surface area (Å²) in [5.41, 5.74) is 1.60. The monoisotopic (exact) mass is 303 g/mol. The van der Waals surface area contributed by atoms with Crippen molar-refractivity contribution in [2.45, 2.75) is 46.7 Å². The highest BCUT2D eigenvalue weighted by Crippen LogP contribution is 2.13. The first kappa shape index (κ1) is 16.3. The van der Waals surface area contributed by atoms with Crippen LogP contribution in [-0.2, 0) is 17.9 Å². The van der Waals surface area contributed by atoms with Gasteiger partial charge in [-0.2, -0.15) is 0 Å². The Labute approximate surface area is 130 Å². The molecule has 5 nitrogen and oxygen atoms in total. The lowest BCUT2D eigenvalue weighted by atomic mass is 10.1. The van der Waals surface area contributed by atoms with E-state index in [4.69, 9.17) is 0 Å². The van der Waals surface area contributed by atoms with Gasteiger partial charge in [0.15, 0.2) is 0 Å². The molecule has 120 valence electrons. The molecule has 0 saturated heterocycles. The normalized spacial score (nSPS) is 11.3. The minimum atomic E-state index is -0.109. The second kappa shape index (κ2) is 7.29. The second-order valence-corrected chi connectivity index (χ2v) is 6.04. The Kier molecular flexibility index (Phi) is 5.41. The second-order valence-electron chi connectivity index (χ2n) is 6.04. The van der Waals surface area contributed by atoms with Crippen LogP contribution in [0.2, 0.25) is 0 Å². The van der Waals surface area contributed by atoms with Crippen molar-refractivity contribution < 1.29 is 4.79 Å². The molecule has 1 aromatic carbocycles. The largest absolute Gasteiger partial charge is 0.355 e. The fraction of sp³-hybridized carbons (Fsp3) is 0.529. The van der Waals surface area contributed by atoms with Gasteiger partial charge in [-0.05, 0) is 30.9 Å². The highest BCUT2D eigenvalue weighted by molar-refractivity contribution is 5.80. The molecular weight excluding hydrogens is 278 g/mol. The molecule has 0 aliphatic rings. The van der Waals surface area contributed by atoms with E-state index in [1.807, 2.05) is 31.2 Å². The first-order valence-corrected chi connectivity index (χ1v) is 7.99. The number of hydrogen-bond donors (Lipinski definition) is 1. The molecule has 2 rings (SSSR count). The Morgan fingerprint density at radius 1 is 1.18 bits per heavy atom. The van der Waals surface area contributed by atoms with E-state index in [-0.39, 0.29) is 18.1 Å². The summed E-state index contributed by atoms with van der Waals surface area (Å²) in [4.78, 5) is 24.6. The minimum absolute atomic E-state index is 0.0775. The van der Waals surface area contributed by atoms with Crippen molar-refractivity contribution in [2.24, 2.45) is 5.92 Å². The van der Waals surface area contributed by atoms with Crippen molar-refractivity contribution in [3.05, 3.63) is 34.7 Å². The lowest BCUT2D eigenvalue weighted by molar-refractivity contribution is -0.121. The van der Waals surface area contributed by atoms with Crippen LogP contribution in [0.3, 0.4) is 0 Å². The van der Waals surface area contributed by atoms with Crippen molar-refractivity contribution in [3.8, 4) is 0 Å². The molecule has 0 aliphatic heterocycles. The Hall–Kier alpha value is -2.04. The summed E-state index contributed by atoms with van der Waals surface area (Å²) in [7, 11) is 0.